The largest absolute Gasteiger partial charge is 0.490 e. The number of nitrogens with two attached hydrogens (primary N) is 1. The fourth-order valence-corrected chi connectivity index (χ4v) is 3.13. The summed E-state index contributed by atoms with van der Waals surface area (Å²) in [7, 11) is 1.31. The average molecular weight is 436 g/mol. The van der Waals surface area contributed by atoms with Gasteiger partial charge in [0.2, 0.25) is 5.75 Å². The van der Waals surface area contributed by atoms with Crippen molar-refractivity contribution in [1.82, 2.24) is 25.3 Å². The molecule has 0 saturated carbocycles. The molecular weight excluding hydrogens is 420 g/mol. The van der Waals surface area contributed by atoms with Crippen LogP contribution in [0, 0.1) is 10.1 Å². The summed E-state index contributed by atoms with van der Waals surface area (Å²) < 4.78 is 11.4. The van der Waals surface area contributed by atoms with Crippen LogP contribution in [0.2, 0.25) is 0 Å². The minimum Gasteiger partial charge on any atom is -0.490 e. The van der Waals surface area contributed by atoms with Crippen LogP contribution < -0.4 is 15.9 Å². The first-order valence-corrected chi connectivity index (χ1v) is 9.16. The zero-order chi connectivity index (χ0) is 22.7. The highest BCUT2D eigenvalue weighted by atomic mass is 16.6. The summed E-state index contributed by atoms with van der Waals surface area (Å²) in [6.07, 6.45) is 1.26. The molecule has 0 radical (unpaired) electrons. The van der Waals surface area contributed by atoms with Crippen molar-refractivity contribution < 1.29 is 19.1 Å². The third-order valence-electron chi connectivity index (χ3n) is 4.50. The van der Waals surface area contributed by atoms with Gasteiger partial charge in [0.1, 0.15) is 6.54 Å². The van der Waals surface area contributed by atoms with Crippen LogP contribution in [-0.4, -0.2) is 44.0 Å². The first-order chi connectivity index (χ1) is 15.5. The summed E-state index contributed by atoms with van der Waals surface area (Å²) in [4.78, 5) is 27.6. The van der Waals surface area contributed by atoms with Crippen LogP contribution in [0.25, 0.3) is 22.6 Å². The molecule has 2 aromatic heterocycles. The number of hydrogen-bond acceptors (Lipinski definition) is 10. The van der Waals surface area contributed by atoms with Gasteiger partial charge in [-0.1, -0.05) is 18.2 Å². The van der Waals surface area contributed by atoms with Gasteiger partial charge in [0, 0.05) is 11.6 Å². The van der Waals surface area contributed by atoms with Crippen LogP contribution >= 0.6 is 0 Å². The maximum atomic E-state index is 12.6. The summed E-state index contributed by atoms with van der Waals surface area (Å²) in [6, 6.07) is 11.6. The number of hydrazone groups is 1. The van der Waals surface area contributed by atoms with E-state index in [1.54, 1.807) is 28.8 Å². The Balaban J connectivity index is 1.58. The van der Waals surface area contributed by atoms with E-state index in [0.29, 0.717) is 22.4 Å². The van der Waals surface area contributed by atoms with Crippen molar-refractivity contribution in [2.75, 3.05) is 12.8 Å². The molecule has 13 nitrogen and oxygen atoms in total. The average Bonchev–Trinajstić information content (AvgIpc) is 3.36. The molecule has 0 spiro atoms. The molecule has 4 aromatic rings. The molecule has 0 aliphatic rings. The van der Waals surface area contributed by atoms with Crippen LogP contribution in [0.1, 0.15) is 5.56 Å². The second kappa shape index (κ2) is 8.51. The molecule has 32 heavy (non-hydrogen) atoms. The molecular formula is C19H16N8O5. The highest BCUT2D eigenvalue weighted by molar-refractivity contribution is 5.88. The van der Waals surface area contributed by atoms with E-state index in [9.17, 15) is 14.9 Å². The van der Waals surface area contributed by atoms with E-state index in [0.717, 1.165) is 0 Å². The van der Waals surface area contributed by atoms with E-state index in [1.165, 1.54) is 25.5 Å². The van der Waals surface area contributed by atoms with E-state index in [2.05, 4.69) is 30.5 Å². The van der Waals surface area contributed by atoms with Gasteiger partial charge in [-0.3, -0.25) is 14.9 Å². The number of methoxy groups -OCH3 is 1. The Kier molecular flexibility index (Phi) is 5.44. The van der Waals surface area contributed by atoms with E-state index in [4.69, 9.17) is 10.5 Å². The predicted octanol–water partition coefficient (Wildman–Crippen LogP) is 1.74. The summed E-state index contributed by atoms with van der Waals surface area (Å²) >= 11 is 0. The Morgan fingerprint density at radius 2 is 2.12 bits per heavy atom. The zero-order valence-electron chi connectivity index (χ0n) is 16.6. The Morgan fingerprint density at radius 3 is 2.84 bits per heavy atom. The maximum absolute atomic E-state index is 12.6. The van der Waals surface area contributed by atoms with Crippen LogP contribution in [0.15, 0.2) is 52.2 Å². The second-order valence-electron chi connectivity index (χ2n) is 6.46. The van der Waals surface area contributed by atoms with Gasteiger partial charge in [-0.25, -0.2) is 15.0 Å². The molecule has 4 rings (SSSR count). The van der Waals surface area contributed by atoms with E-state index in [-0.39, 0.29) is 29.5 Å². The summed E-state index contributed by atoms with van der Waals surface area (Å²) in [5.74, 6) is -0.0975. The molecule has 0 atom stereocenters. The number of amides is 1. The normalized spacial score (nSPS) is 11.2. The minimum absolute atomic E-state index is 0.0346. The standard InChI is InChI=1S/C19H16N8O5/c1-31-17-11(5-4-8-14(17)27(29)30)9-21-23-15(28)10-26-13-7-3-2-6-12(13)22-19(26)16-18(20)25-32-24-16/h2-9H,10H2,1H3,(H2,20,25)(H,23,28)/b21-9+. The van der Waals surface area contributed by atoms with Crippen LogP contribution in [0.3, 0.4) is 0 Å². The third kappa shape index (κ3) is 3.81. The van der Waals surface area contributed by atoms with Crippen LogP contribution in [0.4, 0.5) is 11.5 Å². The van der Waals surface area contributed by atoms with Crippen molar-refractivity contribution in [3.8, 4) is 17.3 Å². The highest BCUT2D eigenvalue weighted by Gasteiger charge is 2.21. The molecule has 3 N–H and O–H groups in total. The number of fused-ring (bicyclic) bond motifs is 1. The number of ether oxygens (including phenoxy) is 1. The number of carbonyl (C=O) groups is 1. The van der Waals surface area contributed by atoms with Crippen molar-refractivity contribution in [2.45, 2.75) is 6.54 Å². The lowest BCUT2D eigenvalue weighted by atomic mass is 10.2. The van der Waals surface area contributed by atoms with Gasteiger partial charge in [0.05, 0.1) is 29.3 Å². The number of nitro groups is 1. The van der Waals surface area contributed by atoms with E-state index < -0.39 is 10.8 Å². The van der Waals surface area contributed by atoms with Crippen molar-refractivity contribution in [2.24, 2.45) is 5.10 Å². The molecule has 0 aliphatic heterocycles. The monoisotopic (exact) mass is 436 g/mol. The quantitative estimate of drug-likeness (QED) is 0.248. The number of benzene rings is 2. The number of hydrogen-bond donors (Lipinski definition) is 2. The highest BCUT2D eigenvalue weighted by Crippen LogP contribution is 2.29. The van der Waals surface area contributed by atoms with Gasteiger partial charge in [0.25, 0.3) is 5.91 Å². The van der Waals surface area contributed by atoms with Crippen LogP contribution in [-0.2, 0) is 11.3 Å². The Morgan fingerprint density at radius 1 is 1.31 bits per heavy atom. The number of carbonyl (C=O) groups excluding carboxylic acids is 1. The molecule has 162 valence electrons. The lowest BCUT2D eigenvalue weighted by Gasteiger charge is -2.07. The maximum Gasteiger partial charge on any atom is 0.311 e. The number of para-hydroxylation sites is 3. The smallest absolute Gasteiger partial charge is 0.311 e. The molecule has 0 aliphatic carbocycles. The number of nitrogens with zero attached hydrogens (tertiary/aromatic N) is 6. The van der Waals surface area contributed by atoms with Crippen molar-refractivity contribution in [3.63, 3.8) is 0 Å². The molecule has 1 amide bonds. The third-order valence-corrected chi connectivity index (χ3v) is 4.50. The van der Waals surface area contributed by atoms with Crippen LogP contribution in [0.5, 0.6) is 5.75 Å². The number of rotatable bonds is 7. The van der Waals surface area contributed by atoms with Crippen molar-refractivity contribution in [3.05, 3.63) is 58.1 Å². The number of aromatic nitrogens is 4. The Labute approximate surface area is 179 Å². The number of nitrogen functional groups attached to an aromatic ring is 1. The molecule has 2 heterocycles. The molecule has 2 aromatic carbocycles. The first-order valence-electron chi connectivity index (χ1n) is 9.16. The lowest BCUT2D eigenvalue weighted by Crippen LogP contribution is -2.23. The SMILES string of the molecule is COc1c(/C=N/NC(=O)Cn2c(-c3nonc3N)nc3ccccc32)cccc1[N+](=O)[O-]. The number of anilines is 1. The van der Waals surface area contributed by atoms with E-state index in [1.807, 2.05) is 6.07 Å². The lowest BCUT2D eigenvalue weighted by molar-refractivity contribution is -0.385. The van der Waals surface area contributed by atoms with E-state index >= 15 is 0 Å². The topological polar surface area (TPSA) is 177 Å². The first kappa shape index (κ1) is 20.5. The van der Waals surface area contributed by atoms with Gasteiger partial charge in [-0.15, -0.1) is 0 Å². The number of nitrogens with one attached hydrogen (secondary N) is 1. The zero-order valence-corrected chi connectivity index (χ0v) is 16.6. The number of nitro benzene ring substituents is 1. The predicted molar refractivity (Wildman–Crippen MR) is 113 cm³/mol. The fraction of sp³-hybridized carbons (Fsp3) is 0.105. The van der Waals surface area contributed by atoms with Crippen molar-refractivity contribution in [1.29, 1.82) is 0 Å². The van der Waals surface area contributed by atoms with Crippen molar-refractivity contribution >= 4 is 34.7 Å². The summed E-state index contributed by atoms with van der Waals surface area (Å²) in [5, 5.41) is 22.3. The molecule has 0 unspecified atom stereocenters. The van der Waals surface area contributed by atoms with Gasteiger partial charge in [-0.05, 0) is 28.5 Å². The summed E-state index contributed by atoms with van der Waals surface area (Å²) in [6.45, 7) is -0.161. The molecule has 13 heteroatoms. The summed E-state index contributed by atoms with van der Waals surface area (Å²) in [5.41, 5.74) is 9.81. The molecule has 0 fully saturated rings. The molecule has 0 bridgehead atoms. The van der Waals surface area contributed by atoms with Gasteiger partial charge >= 0.3 is 5.69 Å². The van der Waals surface area contributed by atoms with Gasteiger partial charge < -0.3 is 15.0 Å². The number of imidazole rings is 1. The minimum atomic E-state index is -0.565. The van der Waals surface area contributed by atoms with Gasteiger partial charge in [-0.2, -0.15) is 5.10 Å². The fourth-order valence-electron chi connectivity index (χ4n) is 3.13. The second-order valence-corrected chi connectivity index (χ2v) is 6.46. The Hall–Kier alpha value is -4.81. The Bertz CT molecular complexity index is 1340. The molecule has 0 saturated heterocycles. The van der Waals surface area contributed by atoms with Gasteiger partial charge in [0.15, 0.2) is 17.3 Å².